The summed E-state index contributed by atoms with van der Waals surface area (Å²) >= 11 is 0. The number of ether oxygens (including phenoxy) is 2. The lowest BCUT2D eigenvalue weighted by Gasteiger charge is -2.60. The minimum atomic E-state index is -0.709. The molecule has 7 heteroatoms. The van der Waals surface area contributed by atoms with Gasteiger partial charge in [0.25, 0.3) is 0 Å². The first kappa shape index (κ1) is 25.8. The fourth-order valence-corrected chi connectivity index (χ4v) is 6.08. The molecule has 7 nitrogen and oxygen atoms in total. The summed E-state index contributed by atoms with van der Waals surface area (Å²) in [5.74, 6) is 0.418. The Hall–Kier alpha value is -3.32. The van der Waals surface area contributed by atoms with Gasteiger partial charge in [-0.3, -0.25) is 14.5 Å². The summed E-state index contributed by atoms with van der Waals surface area (Å²) in [5.41, 5.74) is 0.758. The molecule has 3 atom stereocenters. The number of rotatable bonds is 8. The van der Waals surface area contributed by atoms with E-state index in [2.05, 4.69) is 23.6 Å². The van der Waals surface area contributed by atoms with E-state index in [4.69, 9.17) is 13.9 Å². The average Bonchev–Trinajstić information content (AvgIpc) is 3.40. The van der Waals surface area contributed by atoms with Gasteiger partial charge in [-0.15, -0.1) is 6.58 Å². The van der Waals surface area contributed by atoms with Gasteiger partial charge in [0.1, 0.15) is 11.4 Å². The minimum absolute atomic E-state index is 0.00709. The van der Waals surface area contributed by atoms with Crippen LogP contribution in [0.5, 0.6) is 5.75 Å². The van der Waals surface area contributed by atoms with Crippen molar-refractivity contribution >= 4 is 18.0 Å². The topological polar surface area (TPSA) is 72.2 Å². The van der Waals surface area contributed by atoms with Gasteiger partial charge in [0.15, 0.2) is 0 Å². The second-order valence-corrected chi connectivity index (χ2v) is 9.91. The summed E-state index contributed by atoms with van der Waals surface area (Å²) in [7, 11) is 3.52. The molecule has 1 aliphatic heterocycles. The van der Waals surface area contributed by atoms with Crippen molar-refractivity contribution in [1.29, 1.82) is 0 Å². The second-order valence-electron chi connectivity index (χ2n) is 9.91. The minimum Gasteiger partial charge on any atom is -0.497 e. The molecule has 1 aromatic heterocycles. The highest BCUT2D eigenvalue weighted by atomic mass is 16.6. The molecule has 1 aromatic carbocycles. The molecule has 1 aliphatic carbocycles. The Labute approximate surface area is 213 Å². The van der Waals surface area contributed by atoms with Crippen molar-refractivity contribution in [1.82, 2.24) is 9.80 Å². The number of methoxy groups -OCH3 is 1. The van der Waals surface area contributed by atoms with Gasteiger partial charge in [0.05, 0.1) is 19.6 Å². The lowest BCUT2D eigenvalue weighted by atomic mass is 9.55. The highest BCUT2D eigenvalue weighted by Gasteiger charge is 2.61. The number of likely N-dealkylation sites (N-methyl/N-ethyl adjacent to an activating group) is 1. The molecule has 192 valence electrons. The van der Waals surface area contributed by atoms with Crippen LogP contribution >= 0.6 is 0 Å². The second kappa shape index (κ2) is 10.7. The van der Waals surface area contributed by atoms with Crippen LogP contribution in [0.4, 0.5) is 0 Å². The maximum atomic E-state index is 13.1. The predicted octanol–water partition coefficient (Wildman–Crippen LogP) is 4.44. The van der Waals surface area contributed by atoms with Crippen LogP contribution in [0.15, 0.2) is 66.0 Å². The van der Waals surface area contributed by atoms with E-state index in [0.717, 1.165) is 42.8 Å². The van der Waals surface area contributed by atoms with E-state index in [0.29, 0.717) is 19.4 Å². The van der Waals surface area contributed by atoms with Crippen molar-refractivity contribution in [2.24, 2.45) is 0 Å². The van der Waals surface area contributed by atoms with Crippen LogP contribution in [-0.2, 0) is 19.7 Å². The quantitative estimate of drug-likeness (QED) is 0.308. The van der Waals surface area contributed by atoms with Crippen molar-refractivity contribution in [3.05, 3.63) is 72.7 Å². The van der Waals surface area contributed by atoms with Gasteiger partial charge < -0.3 is 18.8 Å². The molecule has 2 aromatic rings. The van der Waals surface area contributed by atoms with Crippen molar-refractivity contribution in [2.45, 2.75) is 49.7 Å². The van der Waals surface area contributed by atoms with Gasteiger partial charge in [-0.2, -0.15) is 0 Å². The van der Waals surface area contributed by atoms with Crippen LogP contribution in [0, 0.1) is 0 Å². The normalized spacial score (nSPS) is 26.2. The Balaban J connectivity index is 1.71. The third-order valence-corrected chi connectivity index (χ3v) is 7.88. The Kier molecular flexibility index (Phi) is 7.69. The molecule has 0 unspecified atom stereocenters. The summed E-state index contributed by atoms with van der Waals surface area (Å²) in [5, 5.41) is 0. The molecule has 0 radical (unpaired) electrons. The van der Waals surface area contributed by atoms with Gasteiger partial charge in [0.2, 0.25) is 5.91 Å². The lowest BCUT2D eigenvalue weighted by molar-refractivity contribution is -0.189. The molecule has 1 saturated heterocycles. The van der Waals surface area contributed by atoms with Crippen LogP contribution in [0.25, 0.3) is 6.08 Å². The molecule has 1 amide bonds. The number of likely N-dealkylation sites (tertiary alicyclic amines) is 1. The average molecular weight is 493 g/mol. The SMILES string of the molecule is C=CCN1CC[C@@]2(c3cccc(OC)c3)C[C@@H](N(C)C(=O)/C=C/c3ccoc3)CC[C@]2(OC(C)=O)C1. The molecule has 4 rings (SSSR count). The summed E-state index contributed by atoms with van der Waals surface area (Å²) in [4.78, 5) is 29.7. The van der Waals surface area contributed by atoms with Crippen LogP contribution in [0.1, 0.15) is 43.7 Å². The molecule has 1 saturated carbocycles. The highest BCUT2D eigenvalue weighted by Crippen LogP contribution is 2.54. The van der Waals surface area contributed by atoms with Crippen molar-refractivity contribution < 1.29 is 23.5 Å². The maximum Gasteiger partial charge on any atom is 0.303 e. The van der Waals surface area contributed by atoms with Gasteiger partial charge in [-0.25, -0.2) is 0 Å². The van der Waals surface area contributed by atoms with E-state index in [1.54, 1.807) is 31.8 Å². The Bertz CT molecular complexity index is 1110. The number of amides is 1. The standard InChI is InChI=1S/C29H36N2O5/c1-5-15-31-16-14-28(24-7-6-8-26(18-24)34-4)19-25(11-13-29(28,21-31)36-22(2)32)30(3)27(33)10-9-23-12-17-35-20-23/h5-10,12,17-18,20,25H,1,11,13-16,19,21H2,2-4H3/b10-9+/t25-,28-,29-/m0/s1. The predicted molar refractivity (Wildman–Crippen MR) is 139 cm³/mol. The van der Waals surface area contributed by atoms with E-state index in [1.807, 2.05) is 36.2 Å². The summed E-state index contributed by atoms with van der Waals surface area (Å²) in [6.07, 6.45) is 11.3. The molecule has 36 heavy (non-hydrogen) atoms. The molecule has 2 fully saturated rings. The van der Waals surface area contributed by atoms with Crippen LogP contribution < -0.4 is 4.74 Å². The number of piperidine rings is 1. The summed E-state index contributed by atoms with van der Waals surface area (Å²) < 4.78 is 16.9. The summed E-state index contributed by atoms with van der Waals surface area (Å²) in [6, 6.07) is 9.89. The maximum absolute atomic E-state index is 13.1. The first-order chi connectivity index (χ1) is 17.3. The summed E-state index contributed by atoms with van der Waals surface area (Å²) in [6.45, 7) is 7.60. The molecule has 2 heterocycles. The zero-order valence-corrected chi connectivity index (χ0v) is 21.4. The molecule has 0 N–H and O–H groups in total. The van der Waals surface area contributed by atoms with Crippen molar-refractivity contribution in [3.8, 4) is 5.75 Å². The molecule has 0 spiro atoms. The number of fused-ring (bicyclic) bond motifs is 1. The number of hydrogen-bond donors (Lipinski definition) is 0. The van der Waals surface area contributed by atoms with E-state index in [-0.39, 0.29) is 17.9 Å². The molecule has 0 bridgehead atoms. The zero-order chi connectivity index (χ0) is 25.8. The van der Waals surface area contributed by atoms with Gasteiger partial charge >= 0.3 is 5.97 Å². The first-order valence-corrected chi connectivity index (χ1v) is 12.5. The van der Waals surface area contributed by atoms with Crippen molar-refractivity contribution in [3.63, 3.8) is 0 Å². The number of carbonyl (C=O) groups is 2. The van der Waals surface area contributed by atoms with E-state index in [1.165, 1.54) is 6.92 Å². The lowest BCUT2D eigenvalue weighted by Crippen LogP contribution is -2.68. The number of nitrogens with zero attached hydrogens (tertiary/aromatic N) is 2. The van der Waals surface area contributed by atoms with E-state index >= 15 is 0 Å². The fourth-order valence-electron chi connectivity index (χ4n) is 6.08. The molecular formula is C29H36N2O5. The monoisotopic (exact) mass is 492 g/mol. The van der Waals surface area contributed by atoms with Gasteiger partial charge in [-0.05, 0) is 62.1 Å². The Morgan fingerprint density at radius 1 is 1.31 bits per heavy atom. The van der Waals surface area contributed by atoms with Crippen molar-refractivity contribution in [2.75, 3.05) is 33.8 Å². The molecule has 2 aliphatic rings. The van der Waals surface area contributed by atoms with E-state index < -0.39 is 11.0 Å². The number of benzene rings is 1. The van der Waals surface area contributed by atoms with Gasteiger partial charge in [-0.1, -0.05) is 18.2 Å². The molecular weight excluding hydrogens is 456 g/mol. The Morgan fingerprint density at radius 2 is 2.14 bits per heavy atom. The largest absolute Gasteiger partial charge is 0.497 e. The zero-order valence-electron chi connectivity index (χ0n) is 21.4. The fraction of sp³-hybridized carbons (Fsp3) is 0.448. The number of furan rings is 1. The number of hydrogen-bond acceptors (Lipinski definition) is 6. The van der Waals surface area contributed by atoms with Gasteiger partial charge in [0, 0.05) is 50.2 Å². The number of esters is 1. The highest BCUT2D eigenvalue weighted by molar-refractivity contribution is 5.91. The third-order valence-electron chi connectivity index (χ3n) is 7.88. The van der Waals surface area contributed by atoms with E-state index in [9.17, 15) is 9.59 Å². The van der Waals surface area contributed by atoms with Crippen LogP contribution in [-0.4, -0.2) is 67.1 Å². The smallest absolute Gasteiger partial charge is 0.303 e. The number of carbonyl (C=O) groups excluding carboxylic acids is 2. The van der Waals surface area contributed by atoms with Crippen LogP contribution in [0.2, 0.25) is 0 Å². The van der Waals surface area contributed by atoms with Crippen LogP contribution in [0.3, 0.4) is 0 Å². The Morgan fingerprint density at radius 3 is 2.83 bits per heavy atom. The first-order valence-electron chi connectivity index (χ1n) is 12.5. The third kappa shape index (κ3) is 4.98.